The highest BCUT2D eigenvalue weighted by Crippen LogP contribution is 2.45. The van der Waals surface area contributed by atoms with Gasteiger partial charge in [0.2, 0.25) is 0 Å². The van der Waals surface area contributed by atoms with E-state index in [-0.39, 0.29) is 13.2 Å². The monoisotopic (exact) mass is 309 g/mol. The Hall–Kier alpha value is -1.09. The van der Waals surface area contributed by atoms with Gasteiger partial charge in [0.05, 0.1) is 6.10 Å². The molecule has 1 aromatic rings. The van der Waals surface area contributed by atoms with Gasteiger partial charge in [0.25, 0.3) is 5.56 Å². The summed E-state index contributed by atoms with van der Waals surface area (Å²) in [5.41, 5.74) is -0.571. The van der Waals surface area contributed by atoms with E-state index in [0.29, 0.717) is 12.0 Å². The van der Waals surface area contributed by atoms with Gasteiger partial charge in [-0.2, -0.15) is 19.2 Å². The lowest BCUT2D eigenvalue weighted by atomic mass is 10.2. The minimum Gasteiger partial charge on any atom is -0.379 e. The normalized spacial score (nSPS) is 13.4. The van der Waals surface area contributed by atoms with E-state index in [2.05, 4.69) is 9.51 Å². The molecule has 4 N–H and O–H groups in total. The van der Waals surface area contributed by atoms with Crippen LogP contribution in [0.1, 0.15) is 12.0 Å². The van der Waals surface area contributed by atoms with E-state index in [4.69, 9.17) is 19.4 Å². The van der Waals surface area contributed by atoms with Crippen molar-refractivity contribution in [1.82, 2.24) is 9.55 Å². The molecular formula is C10H18N2O7P+. The van der Waals surface area contributed by atoms with E-state index < -0.39 is 25.5 Å². The lowest BCUT2D eigenvalue weighted by molar-refractivity contribution is 0.0301. The Morgan fingerprint density at radius 3 is 2.60 bits per heavy atom. The van der Waals surface area contributed by atoms with E-state index in [0.717, 1.165) is 0 Å². The van der Waals surface area contributed by atoms with Crippen molar-refractivity contribution in [2.45, 2.75) is 26.0 Å². The number of ether oxygens (including phenoxy) is 1. The first-order valence-corrected chi connectivity index (χ1v) is 7.34. The number of rotatable bonds is 7. The molecule has 0 bridgehead atoms. The Balaban J connectivity index is 2.63. The molecule has 20 heavy (non-hydrogen) atoms. The van der Waals surface area contributed by atoms with Crippen LogP contribution in [0.2, 0.25) is 0 Å². The van der Waals surface area contributed by atoms with Crippen molar-refractivity contribution in [3.63, 3.8) is 0 Å². The van der Waals surface area contributed by atoms with E-state index in [1.807, 2.05) is 0 Å². The number of hydrogen-bond donors (Lipinski definition) is 4. The maximum Gasteiger partial charge on any atom is 0.567 e. The molecule has 0 fully saturated rings. The van der Waals surface area contributed by atoms with Gasteiger partial charge in [-0.05, 0) is 13.3 Å². The molecule has 1 atom stereocenters. The zero-order chi connectivity index (χ0) is 15.3. The second-order valence-corrected chi connectivity index (χ2v) is 5.50. The van der Waals surface area contributed by atoms with Crippen LogP contribution in [0.3, 0.4) is 0 Å². The second kappa shape index (κ2) is 7.07. The highest BCUT2D eigenvalue weighted by Gasteiger charge is 2.34. The summed E-state index contributed by atoms with van der Waals surface area (Å²) in [6.45, 7) is 1.59. The third-order valence-corrected chi connectivity index (χ3v) is 3.14. The van der Waals surface area contributed by atoms with Crippen LogP contribution < -0.4 is 11.2 Å². The van der Waals surface area contributed by atoms with Crippen molar-refractivity contribution in [2.75, 3.05) is 13.7 Å². The quantitative estimate of drug-likeness (QED) is 0.471. The first kappa shape index (κ1) is 17.0. The third kappa shape index (κ3) is 5.49. The van der Waals surface area contributed by atoms with Crippen molar-refractivity contribution in [3.8, 4) is 0 Å². The maximum atomic E-state index is 11.5. The largest absolute Gasteiger partial charge is 0.567 e. The van der Waals surface area contributed by atoms with Gasteiger partial charge in [-0.3, -0.25) is 9.78 Å². The Bertz CT molecular complexity index is 548. The molecule has 9 nitrogen and oxygen atoms in total. The summed E-state index contributed by atoms with van der Waals surface area (Å²) in [7, 11) is -2.91. The van der Waals surface area contributed by atoms with Crippen molar-refractivity contribution >= 4 is 8.17 Å². The van der Waals surface area contributed by atoms with Crippen LogP contribution in [0.25, 0.3) is 0 Å². The number of nitrogens with zero attached hydrogens (tertiary/aromatic N) is 1. The lowest BCUT2D eigenvalue weighted by Gasteiger charge is -2.15. The van der Waals surface area contributed by atoms with Gasteiger partial charge in [0.1, 0.15) is 6.61 Å². The summed E-state index contributed by atoms with van der Waals surface area (Å²) in [6, 6.07) is 0. The molecule has 1 heterocycles. The molecule has 114 valence electrons. The van der Waals surface area contributed by atoms with Gasteiger partial charge < -0.3 is 9.30 Å². The second-order valence-electron chi connectivity index (χ2n) is 4.22. The summed E-state index contributed by atoms with van der Waals surface area (Å²) in [5.74, 6) is 0. The van der Waals surface area contributed by atoms with E-state index in [1.54, 1.807) is 6.92 Å². The fourth-order valence-electron chi connectivity index (χ4n) is 1.52. The molecule has 0 aromatic carbocycles. The summed E-state index contributed by atoms with van der Waals surface area (Å²) < 4.78 is 10.8. The SMILES string of the molecule is COC(CCn1cc(C)c(=O)[nH]c1=O)CO[P+](O)(O)O. The molecule has 1 rings (SSSR count). The van der Waals surface area contributed by atoms with Crippen LogP contribution in [-0.2, 0) is 15.8 Å². The molecule has 0 spiro atoms. The highest BCUT2D eigenvalue weighted by molar-refractivity contribution is 7.53. The standard InChI is InChI=1S/C10H17N2O7P/c1-7-5-12(10(14)11-9(7)13)4-3-8(18-2)6-19-20(15,16)17/h5,8,15-17H,3-4,6H2,1-2H3/p+1. The predicted molar refractivity (Wildman–Crippen MR) is 71.0 cm³/mol. The molecule has 10 heteroatoms. The average Bonchev–Trinajstić information content (AvgIpc) is 2.34. The number of nitrogens with one attached hydrogen (secondary N) is 1. The fourth-order valence-corrected chi connectivity index (χ4v) is 1.89. The van der Waals surface area contributed by atoms with Crippen LogP contribution in [0.5, 0.6) is 0 Å². The number of aryl methyl sites for hydroxylation is 2. The zero-order valence-corrected chi connectivity index (χ0v) is 12.0. The van der Waals surface area contributed by atoms with Crippen LogP contribution in [0, 0.1) is 6.92 Å². The predicted octanol–water partition coefficient (Wildman–Crippen LogP) is -1.08. The molecule has 0 saturated carbocycles. The summed E-state index contributed by atoms with van der Waals surface area (Å²) >= 11 is 0. The Labute approximate surface area is 115 Å². The summed E-state index contributed by atoms with van der Waals surface area (Å²) in [4.78, 5) is 51.0. The van der Waals surface area contributed by atoms with Gasteiger partial charge in [-0.1, -0.05) is 0 Å². The van der Waals surface area contributed by atoms with Gasteiger partial charge in [0, 0.05) is 25.4 Å². The van der Waals surface area contributed by atoms with Crippen LogP contribution in [-0.4, -0.2) is 44.1 Å². The summed E-state index contributed by atoms with van der Waals surface area (Å²) in [5, 5.41) is 0. The molecule has 0 aliphatic heterocycles. The van der Waals surface area contributed by atoms with Gasteiger partial charge >= 0.3 is 13.9 Å². The maximum absolute atomic E-state index is 11.5. The first-order chi connectivity index (χ1) is 9.23. The van der Waals surface area contributed by atoms with Gasteiger partial charge in [-0.15, -0.1) is 0 Å². The van der Waals surface area contributed by atoms with E-state index >= 15 is 0 Å². The molecule has 0 aliphatic carbocycles. The molecule has 0 amide bonds. The zero-order valence-electron chi connectivity index (χ0n) is 11.1. The van der Waals surface area contributed by atoms with Crippen LogP contribution in [0.4, 0.5) is 0 Å². The van der Waals surface area contributed by atoms with Crippen molar-refractivity contribution in [1.29, 1.82) is 0 Å². The number of H-pyrrole nitrogens is 1. The first-order valence-electron chi connectivity index (χ1n) is 5.78. The molecule has 0 radical (unpaired) electrons. The molecule has 0 aliphatic rings. The lowest BCUT2D eigenvalue weighted by Crippen LogP contribution is -2.32. The smallest absolute Gasteiger partial charge is 0.379 e. The summed E-state index contributed by atoms with van der Waals surface area (Å²) in [6.07, 6.45) is 1.21. The minimum atomic E-state index is -4.30. The Morgan fingerprint density at radius 2 is 2.05 bits per heavy atom. The third-order valence-electron chi connectivity index (χ3n) is 2.65. The fraction of sp³-hybridized carbons (Fsp3) is 0.600. The number of methoxy groups -OCH3 is 1. The number of aromatic nitrogens is 2. The number of aromatic amines is 1. The minimum absolute atomic E-state index is 0.231. The highest BCUT2D eigenvalue weighted by atomic mass is 31.2. The molecule has 1 unspecified atom stereocenters. The van der Waals surface area contributed by atoms with E-state index in [1.165, 1.54) is 17.9 Å². The van der Waals surface area contributed by atoms with Gasteiger partial charge in [0.15, 0.2) is 0 Å². The topological polar surface area (TPSA) is 134 Å². The Morgan fingerprint density at radius 1 is 1.40 bits per heavy atom. The van der Waals surface area contributed by atoms with Crippen molar-refractivity contribution < 1.29 is 23.9 Å². The molecule has 0 saturated heterocycles. The van der Waals surface area contributed by atoms with Crippen molar-refractivity contribution in [2.24, 2.45) is 0 Å². The number of hydrogen-bond acceptors (Lipinski definition) is 7. The van der Waals surface area contributed by atoms with Crippen molar-refractivity contribution in [3.05, 3.63) is 32.6 Å². The Kier molecular flexibility index (Phi) is 6.00. The average molecular weight is 309 g/mol. The molecular weight excluding hydrogens is 291 g/mol. The van der Waals surface area contributed by atoms with Crippen LogP contribution in [0.15, 0.2) is 15.8 Å². The van der Waals surface area contributed by atoms with Crippen LogP contribution >= 0.6 is 8.17 Å². The molecule has 1 aromatic heterocycles. The van der Waals surface area contributed by atoms with E-state index in [9.17, 15) is 9.59 Å². The van der Waals surface area contributed by atoms with Gasteiger partial charge in [-0.25, -0.2) is 4.79 Å².